The van der Waals surface area contributed by atoms with Gasteiger partial charge in [-0.1, -0.05) is 0 Å². The van der Waals surface area contributed by atoms with E-state index in [1.165, 1.54) is 6.26 Å². The number of carbonyl (C=O) groups is 1. The number of nitrogens with zero attached hydrogens (tertiary/aromatic N) is 1. The van der Waals surface area contributed by atoms with Gasteiger partial charge < -0.3 is 9.64 Å². The zero-order valence-corrected chi connectivity index (χ0v) is 11.8. The van der Waals surface area contributed by atoms with Gasteiger partial charge in [-0.05, 0) is 25.7 Å². The molecule has 6 heteroatoms. The molecule has 18 heavy (non-hydrogen) atoms. The van der Waals surface area contributed by atoms with Crippen molar-refractivity contribution in [1.82, 2.24) is 4.90 Å². The van der Waals surface area contributed by atoms with Gasteiger partial charge in [-0.25, -0.2) is 8.42 Å². The Morgan fingerprint density at radius 2 is 1.83 bits per heavy atom. The highest BCUT2D eigenvalue weighted by molar-refractivity contribution is 7.91. The second kappa shape index (κ2) is 5.17. The minimum absolute atomic E-state index is 0.108. The van der Waals surface area contributed by atoms with E-state index in [9.17, 15) is 13.2 Å². The van der Waals surface area contributed by atoms with Crippen LogP contribution >= 0.6 is 0 Å². The van der Waals surface area contributed by atoms with Gasteiger partial charge in [0.15, 0.2) is 0 Å². The Labute approximate surface area is 108 Å². The minimum atomic E-state index is -2.98. The third kappa shape index (κ3) is 2.69. The molecule has 0 spiro atoms. The highest BCUT2D eigenvalue weighted by Gasteiger charge is 2.45. The van der Waals surface area contributed by atoms with Gasteiger partial charge in [0, 0.05) is 25.4 Å². The predicted octanol–water partition coefficient (Wildman–Crippen LogP) is 0.589. The average Bonchev–Trinajstić information content (AvgIpc) is 2.55. The van der Waals surface area contributed by atoms with Crippen LogP contribution in [0.4, 0.5) is 0 Å². The maximum Gasteiger partial charge on any atom is 0.225 e. The molecular formula is C12H21NO4S. The van der Waals surface area contributed by atoms with Gasteiger partial charge in [0.25, 0.3) is 0 Å². The Balaban J connectivity index is 2.04. The summed E-state index contributed by atoms with van der Waals surface area (Å²) in [6.07, 6.45) is 4.79. The van der Waals surface area contributed by atoms with E-state index in [1.807, 2.05) is 4.90 Å². The lowest BCUT2D eigenvalue weighted by atomic mass is 10.0. The number of hydrogen-bond donors (Lipinski definition) is 0. The van der Waals surface area contributed by atoms with Crippen molar-refractivity contribution in [3.63, 3.8) is 0 Å². The molecule has 2 atom stereocenters. The molecule has 0 N–H and O–H groups in total. The molecule has 2 rings (SSSR count). The highest BCUT2D eigenvalue weighted by atomic mass is 32.2. The monoisotopic (exact) mass is 275 g/mol. The normalized spacial score (nSPS) is 31.7. The molecule has 2 fully saturated rings. The lowest BCUT2D eigenvalue weighted by Crippen LogP contribution is -2.49. The van der Waals surface area contributed by atoms with E-state index in [-0.39, 0.29) is 23.2 Å². The molecule has 1 amide bonds. The summed E-state index contributed by atoms with van der Waals surface area (Å²) in [6, 6.07) is 0.237. The fraction of sp³-hybridized carbons (Fsp3) is 0.917. The molecule has 2 bridgehead atoms. The van der Waals surface area contributed by atoms with E-state index in [1.54, 1.807) is 7.11 Å². The molecule has 0 aromatic carbocycles. The summed E-state index contributed by atoms with van der Waals surface area (Å²) < 4.78 is 28.2. The largest absolute Gasteiger partial charge is 0.384 e. The van der Waals surface area contributed by atoms with Crippen LogP contribution in [0.2, 0.25) is 0 Å². The molecule has 0 aliphatic carbocycles. The van der Waals surface area contributed by atoms with Crippen molar-refractivity contribution < 1.29 is 17.9 Å². The fourth-order valence-electron chi connectivity index (χ4n) is 3.20. The number of fused-ring (bicyclic) bond motifs is 2. The van der Waals surface area contributed by atoms with Crippen LogP contribution in [0.1, 0.15) is 32.1 Å². The number of piperidine rings is 1. The lowest BCUT2D eigenvalue weighted by Gasteiger charge is -2.38. The van der Waals surface area contributed by atoms with Crippen LogP contribution in [0.15, 0.2) is 0 Å². The van der Waals surface area contributed by atoms with Gasteiger partial charge in [-0.15, -0.1) is 0 Å². The molecule has 2 aliphatic rings. The molecule has 0 radical (unpaired) electrons. The van der Waals surface area contributed by atoms with Crippen molar-refractivity contribution in [2.75, 3.05) is 20.0 Å². The quantitative estimate of drug-likeness (QED) is 0.753. The van der Waals surface area contributed by atoms with Crippen molar-refractivity contribution in [2.24, 2.45) is 0 Å². The molecule has 5 nitrogen and oxygen atoms in total. The zero-order valence-electron chi connectivity index (χ0n) is 11.0. The molecular weight excluding hydrogens is 254 g/mol. The van der Waals surface area contributed by atoms with E-state index >= 15 is 0 Å². The lowest BCUT2D eigenvalue weighted by molar-refractivity contribution is -0.136. The van der Waals surface area contributed by atoms with Crippen LogP contribution in [0.5, 0.6) is 0 Å². The summed E-state index contributed by atoms with van der Waals surface area (Å²) in [4.78, 5) is 14.0. The molecule has 0 saturated carbocycles. The average molecular weight is 275 g/mol. The van der Waals surface area contributed by atoms with Crippen LogP contribution in [0.25, 0.3) is 0 Å². The number of methoxy groups -OCH3 is 1. The van der Waals surface area contributed by atoms with E-state index in [0.717, 1.165) is 12.8 Å². The van der Waals surface area contributed by atoms with E-state index in [4.69, 9.17) is 4.74 Å². The summed E-state index contributed by atoms with van der Waals surface area (Å²) in [5.41, 5.74) is 0. The SMILES string of the molecule is COCCC(=O)N1C2CCC1CC(S(C)(=O)=O)C2. The van der Waals surface area contributed by atoms with Gasteiger partial charge in [-0.3, -0.25) is 4.79 Å². The van der Waals surface area contributed by atoms with Gasteiger partial charge in [0.05, 0.1) is 18.3 Å². The molecule has 2 heterocycles. The van der Waals surface area contributed by atoms with Gasteiger partial charge in [-0.2, -0.15) is 0 Å². The van der Waals surface area contributed by atoms with Gasteiger partial charge in [0.2, 0.25) is 5.91 Å². The predicted molar refractivity (Wildman–Crippen MR) is 68.0 cm³/mol. The topological polar surface area (TPSA) is 63.7 Å². The second-order valence-electron chi connectivity index (χ2n) is 5.35. The van der Waals surface area contributed by atoms with Crippen LogP contribution < -0.4 is 0 Å². The first-order valence-electron chi connectivity index (χ1n) is 6.42. The van der Waals surface area contributed by atoms with Crippen molar-refractivity contribution in [3.05, 3.63) is 0 Å². The number of sulfone groups is 1. The number of rotatable bonds is 4. The highest BCUT2D eigenvalue weighted by Crippen LogP contribution is 2.38. The number of ether oxygens (including phenoxy) is 1. The summed E-state index contributed by atoms with van der Waals surface area (Å²) in [7, 11) is -1.40. The summed E-state index contributed by atoms with van der Waals surface area (Å²) in [6.45, 7) is 0.435. The first-order chi connectivity index (χ1) is 8.43. The zero-order chi connectivity index (χ0) is 13.3. The smallest absolute Gasteiger partial charge is 0.225 e. The second-order valence-corrected chi connectivity index (χ2v) is 7.68. The van der Waals surface area contributed by atoms with Crippen LogP contribution in [0.3, 0.4) is 0 Å². The van der Waals surface area contributed by atoms with Crippen molar-refractivity contribution >= 4 is 15.7 Å². The third-order valence-electron chi connectivity index (χ3n) is 4.10. The van der Waals surface area contributed by atoms with Crippen LogP contribution in [-0.4, -0.2) is 56.5 Å². The van der Waals surface area contributed by atoms with Gasteiger partial charge in [0.1, 0.15) is 9.84 Å². The van der Waals surface area contributed by atoms with Crippen molar-refractivity contribution in [1.29, 1.82) is 0 Å². The van der Waals surface area contributed by atoms with Gasteiger partial charge >= 0.3 is 0 Å². The Morgan fingerprint density at radius 1 is 1.28 bits per heavy atom. The molecule has 0 aromatic rings. The Bertz CT molecular complexity index is 406. The van der Waals surface area contributed by atoms with Crippen molar-refractivity contribution in [3.8, 4) is 0 Å². The number of carbonyl (C=O) groups excluding carboxylic acids is 1. The fourth-order valence-corrected chi connectivity index (χ4v) is 4.35. The summed E-state index contributed by atoms with van der Waals surface area (Å²) in [5.74, 6) is 0.108. The molecule has 0 aromatic heterocycles. The van der Waals surface area contributed by atoms with E-state index < -0.39 is 9.84 Å². The number of hydrogen-bond acceptors (Lipinski definition) is 4. The molecule has 104 valence electrons. The Kier molecular flexibility index (Phi) is 3.96. The maximum absolute atomic E-state index is 12.1. The minimum Gasteiger partial charge on any atom is -0.384 e. The molecule has 2 saturated heterocycles. The van der Waals surface area contributed by atoms with Crippen LogP contribution in [-0.2, 0) is 19.4 Å². The Morgan fingerprint density at radius 3 is 2.28 bits per heavy atom. The first-order valence-corrected chi connectivity index (χ1v) is 8.38. The maximum atomic E-state index is 12.1. The summed E-state index contributed by atoms with van der Waals surface area (Å²) in [5, 5.41) is -0.263. The van der Waals surface area contributed by atoms with Crippen LogP contribution in [0, 0.1) is 0 Å². The van der Waals surface area contributed by atoms with E-state index in [2.05, 4.69) is 0 Å². The van der Waals surface area contributed by atoms with Crippen molar-refractivity contribution in [2.45, 2.75) is 49.4 Å². The van der Waals surface area contributed by atoms with E-state index in [0.29, 0.717) is 25.9 Å². The standard InChI is InChI=1S/C12H21NO4S/c1-17-6-5-12(14)13-9-3-4-10(13)8-11(7-9)18(2,15)16/h9-11H,3-8H2,1-2H3. The Hall–Kier alpha value is -0.620. The third-order valence-corrected chi connectivity index (χ3v) is 5.70. The number of amides is 1. The summed E-state index contributed by atoms with van der Waals surface area (Å²) >= 11 is 0. The first kappa shape index (κ1) is 13.8. The molecule has 2 unspecified atom stereocenters. The molecule has 2 aliphatic heterocycles.